The number of fused-ring (bicyclic) bond motifs is 1. The largest absolute Gasteiger partial charge is 0.377 e. The van der Waals surface area contributed by atoms with E-state index in [1.54, 1.807) is 11.1 Å². The molecular formula is C23H26N2O3. The zero-order valence-corrected chi connectivity index (χ0v) is 16.4. The summed E-state index contributed by atoms with van der Waals surface area (Å²) in [5.74, 6) is -0.159. The number of benzene rings is 2. The number of ether oxygens (including phenoxy) is 1. The second-order valence-electron chi connectivity index (χ2n) is 6.82. The molecule has 2 aromatic rings. The molecule has 1 atom stereocenters. The Labute approximate surface area is 166 Å². The van der Waals surface area contributed by atoms with Crippen LogP contribution in [0.1, 0.15) is 48.6 Å². The van der Waals surface area contributed by atoms with E-state index in [0.717, 1.165) is 22.3 Å². The lowest BCUT2D eigenvalue weighted by molar-refractivity contribution is -0.130. The molecule has 5 nitrogen and oxygen atoms in total. The Morgan fingerprint density at radius 1 is 1.07 bits per heavy atom. The average Bonchev–Trinajstić information content (AvgIpc) is 2.71. The second-order valence-corrected chi connectivity index (χ2v) is 6.82. The Morgan fingerprint density at radius 2 is 1.79 bits per heavy atom. The number of carbonyl (C=O) groups is 2. The minimum atomic E-state index is -0.285. The molecule has 0 saturated carbocycles. The van der Waals surface area contributed by atoms with Gasteiger partial charge in [0.05, 0.1) is 19.1 Å². The van der Waals surface area contributed by atoms with Crippen LogP contribution >= 0.6 is 0 Å². The van der Waals surface area contributed by atoms with Crippen molar-refractivity contribution in [2.45, 2.75) is 39.5 Å². The van der Waals surface area contributed by atoms with Crippen LogP contribution in [-0.2, 0) is 27.5 Å². The van der Waals surface area contributed by atoms with Gasteiger partial charge in [-0.15, -0.1) is 0 Å². The van der Waals surface area contributed by atoms with Gasteiger partial charge in [-0.3, -0.25) is 9.59 Å². The Hall–Kier alpha value is -2.92. The Morgan fingerprint density at radius 3 is 2.50 bits per heavy atom. The SMILES string of the molecule is CCOCc1ccc(CNC(=O)CC2c3ccccc3C=CN2C(C)=O)cc1. The first-order chi connectivity index (χ1) is 13.6. The highest BCUT2D eigenvalue weighted by atomic mass is 16.5. The van der Waals surface area contributed by atoms with Crippen molar-refractivity contribution in [2.75, 3.05) is 6.61 Å². The van der Waals surface area contributed by atoms with Crippen molar-refractivity contribution in [3.05, 3.63) is 77.0 Å². The van der Waals surface area contributed by atoms with Crippen LogP contribution in [0, 0.1) is 0 Å². The number of rotatable bonds is 7. The fraction of sp³-hybridized carbons (Fsp3) is 0.304. The van der Waals surface area contributed by atoms with Crippen LogP contribution in [0.2, 0.25) is 0 Å². The molecule has 3 rings (SSSR count). The molecule has 28 heavy (non-hydrogen) atoms. The fourth-order valence-corrected chi connectivity index (χ4v) is 3.33. The van der Waals surface area contributed by atoms with Gasteiger partial charge in [0.15, 0.2) is 0 Å². The molecule has 0 bridgehead atoms. The maximum atomic E-state index is 12.6. The summed E-state index contributed by atoms with van der Waals surface area (Å²) >= 11 is 0. The minimum absolute atomic E-state index is 0.0755. The molecule has 146 valence electrons. The van der Waals surface area contributed by atoms with Gasteiger partial charge in [0, 0.05) is 26.3 Å². The number of nitrogens with one attached hydrogen (secondary N) is 1. The quantitative estimate of drug-likeness (QED) is 0.797. The highest BCUT2D eigenvalue weighted by Gasteiger charge is 2.27. The van der Waals surface area contributed by atoms with Crippen molar-refractivity contribution in [2.24, 2.45) is 0 Å². The third-order valence-electron chi connectivity index (χ3n) is 4.83. The lowest BCUT2D eigenvalue weighted by Gasteiger charge is -2.32. The van der Waals surface area contributed by atoms with E-state index in [9.17, 15) is 9.59 Å². The van der Waals surface area contributed by atoms with Crippen LogP contribution in [-0.4, -0.2) is 23.3 Å². The van der Waals surface area contributed by atoms with Crippen molar-refractivity contribution >= 4 is 17.9 Å². The van der Waals surface area contributed by atoms with E-state index in [1.807, 2.05) is 61.5 Å². The maximum absolute atomic E-state index is 12.6. The number of hydrogen-bond donors (Lipinski definition) is 1. The molecule has 0 aromatic heterocycles. The van der Waals surface area contributed by atoms with Crippen LogP contribution in [0.4, 0.5) is 0 Å². The van der Waals surface area contributed by atoms with Gasteiger partial charge in [0.1, 0.15) is 0 Å². The van der Waals surface area contributed by atoms with Crippen LogP contribution in [0.25, 0.3) is 6.08 Å². The van der Waals surface area contributed by atoms with E-state index in [-0.39, 0.29) is 24.3 Å². The first-order valence-electron chi connectivity index (χ1n) is 9.56. The van der Waals surface area contributed by atoms with E-state index >= 15 is 0 Å². The molecule has 0 fully saturated rings. The first kappa shape index (κ1) is 19.8. The molecule has 1 unspecified atom stereocenters. The van der Waals surface area contributed by atoms with Gasteiger partial charge in [-0.1, -0.05) is 48.5 Å². The van der Waals surface area contributed by atoms with Crippen LogP contribution < -0.4 is 5.32 Å². The molecule has 1 aliphatic heterocycles. The highest BCUT2D eigenvalue weighted by Crippen LogP contribution is 2.32. The summed E-state index contributed by atoms with van der Waals surface area (Å²) in [6.45, 7) is 5.23. The van der Waals surface area contributed by atoms with Crippen molar-refractivity contribution in [3.8, 4) is 0 Å². The van der Waals surface area contributed by atoms with Gasteiger partial charge >= 0.3 is 0 Å². The molecule has 5 heteroatoms. The van der Waals surface area contributed by atoms with Crippen LogP contribution in [0.15, 0.2) is 54.7 Å². The number of hydrogen-bond acceptors (Lipinski definition) is 3. The highest BCUT2D eigenvalue weighted by molar-refractivity contribution is 5.81. The zero-order chi connectivity index (χ0) is 19.9. The molecule has 0 spiro atoms. The van der Waals surface area contributed by atoms with Gasteiger partial charge in [0.25, 0.3) is 0 Å². The van der Waals surface area contributed by atoms with Crippen molar-refractivity contribution in [1.82, 2.24) is 10.2 Å². The van der Waals surface area contributed by atoms with Crippen LogP contribution in [0.3, 0.4) is 0 Å². The third-order valence-corrected chi connectivity index (χ3v) is 4.83. The van der Waals surface area contributed by atoms with Crippen LogP contribution in [0.5, 0.6) is 0 Å². The molecule has 2 amide bonds. The lowest BCUT2D eigenvalue weighted by atomic mass is 9.93. The van der Waals surface area contributed by atoms with E-state index in [1.165, 1.54) is 6.92 Å². The summed E-state index contributed by atoms with van der Waals surface area (Å²) in [5.41, 5.74) is 4.18. The lowest BCUT2D eigenvalue weighted by Crippen LogP contribution is -2.35. The molecule has 1 heterocycles. The molecule has 1 N–H and O–H groups in total. The summed E-state index contributed by atoms with van der Waals surface area (Å²) in [5, 5.41) is 2.97. The summed E-state index contributed by atoms with van der Waals surface area (Å²) in [6, 6.07) is 15.6. The first-order valence-corrected chi connectivity index (χ1v) is 9.56. The minimum Gasteiger partial charge on any atom is -0.377 e. The molecular weight excluding hydrogens is 352 g/mol. The Balaban J connectivity index is 1.61. The van der Waals surface area contributed by atoms with Gasteiger partial charge in [-0.2, -0.15) is 0 Å². The Kier molecular flexibility index (Phi) is 6.61. The standard InChI is InChI=1S/C23H26N2O3/c1-3-28-16-19-10-8-18(9-11-19)15-24-23(27)14-22-21-7-5-4-6-20(21)12-13-25(22)17(2)26/h4-13,22H,3,14-16H2,1-2H3,(H,24,27). The van der Waals surface area contributed by atoms with Crippen molar-refractivity contribution in [3.63, 3.8) is 0 Å². The predicted molar refractivity (Wildman–Crippen MR) is 109 cm³/mol. The monoisotopic (exact) mass is 378 g/mol. The van der Waals surface area contributed by atoms with Crippen molar-refractivity contribution in [1.29, 1.82) is 0 Å². The predicted octanol–water partition coefficient (Wildman–Crippen LogP) is 3.80. The molecule has 0 aliphatic carbocycles. The van der Waals surface area contributed by atoms with Gasteiger partial charge in [-0.25, -0.2) is 0 Å². The number of nitrogens with zero attached hydrogens (tertiary/aromatic N) is 1. The van der Waals surface area contributed by atoms with E-state index < -0.39 is 0 Å². The number of amides is 2. The summed E-state index contributed by atoms with van der Waals surface area (Å²) < 4.78 is 5.39. The zero-order valence-electron chi connectivity index (χ0n) is 16.4. The van der Waals surface area contributed by atoms with E-state index in [4.69, 9.17) is 4.74 Å². The smallest absolute Gasteiger partial charge is 0.223 e. The molecule has 2 aromatic carbocycles. The average molecular weight is 378 g/mol. The number of carbonyl (C=O) groups excluding carboxylic acids is 2. The summed E-state index contributed by atoms with van der Waals surface area (Å²) in [7, 11) is 0. The van der Waals surface area contributed by atoms with E-state index in [2.05, 4.69) is 5.32 Å². The second kappa shape index (κ2) is 9.33. The topological polar surface area (TPSA) is 58.6 Å². The normalized spacial score (nSPS) is 15.2. The maximum Gasteiger partial charge on any atom is 0.223 e. The molecule has 0 saturated heterocycles. The fourth-order valence-electron chi connectivity index (χ4n) is 3.33. The summed E-state index contributed by atoms with van der Waals surface area (Å²) in [4.78, 5) is 26.2. The summed E-state index contributed by atoms with van der Waals surface area (Å²) in [6.07, 6.45) is 3.90. The van der Waals surface area contributed by atoms with Gasteiger partial charge < -0.3 is 15.0 Å². The molecule has 1 aliphatic rings. The van der Waals surface area contributed by atoms with Gasteiger partial charge in [0.2, 0.25) is 11.8 Å². The molecule has 0 radical (unpaired) electrons. The van der Waals surface area contributed by atoms with Gasteiger partial charge in [-0.05, 0) is 35.3 Å². The Bertz CT molecular complexity index is 858. The van der Waals surface area contributed by atoms with E-state index in [0.29, 0.717) is 19.8 Å². The van der Waals surface area contributed by atoms with Crippen molar-refractivity contribution < 1.29 is 14.3 Å². The third kappa shape index (κ3) is 4.87.